The highest BCUT2D eigenvalue weighted by atomic mass is 16.6. The van der Waals surface area contributed by atoms with E-state index in [-0.39, 0.29) is 31.1 Å². The molecule has 0 aromatic carbocycles. The van der Waals surface area contributed by atoms with Gasteiger partial charge in [0.05, 0.1) is 0 Å². The number of carbonyl (C=O) groups excluding carboxylic acids is 3. The van der Waals surface area contributed by atoms with E-state index in [2.05, 4.69) is 81.5 Å². The van der Waals surface area contributed by atoms with Crippen LogP contribution >= 0.6 is 0 Å². The lowest BCUT2D eigenvalue weighted by atomic mass is 10.0. The fourth-order valence-corrected chi connectivity index (χ4v) is 7.47. The van der Waals surface area contributed by atoms with E-state index >= 15 is 0 Å². The summed E-state index contributed by atoms with van der Waals surface area (Å²) in [5.74, 6) is -0.935. The van der Waals surface area contributed by atoms with Crippen molar-refractivity contribution in [3.05, 3.63) is 60.8 Å². The van der Waals surface area contributed by atoms with Gasteiger partial charge in [-0.2, -0.15) is 0 Å². The smallest absolute Gasteiger partial charge is 0.306 e. The molecule has 0 aliphatic carbocycles. The van der Waals surface area contributed by atoms with Crippen molar-refractivity contribution in [2.45, 2.75) is 271 Å². The van der Waals surface area contributed by atoms with Crippen LogP contribution in [0.25, 0.3) is 0 Å². The standard InChI is InChI=1S/C57H100O6/c1-4-7-10-13-16-19-22-24-26-27-28-29-31-33-36-38-41-44-47-50-56(59)62-53-54(63-57(60)51-48-45-42-39-34-21-18-15-12-9-6-3)52-61-55(58)49-46-43-40-37-35-32-30-25-23-20-17-14-11-8-5-2/h8,11,15,17-18,20,25,30,35,37,54H,4-7,9-10,12-14,16,19,21-24,26-29,31-34,36,38-53H2,1-3H3/b11-8-,18-15-,20-17-,30-25-,37-35-/t54-/m1/s1. The Labute approximate surface area is 390 Å². The van der Waals surface area contributed by atoms with Gasteiger partial charge in [0, 0.05) is 19.3 Å². The molecule has 0 aliphatic rings. The van der Waals surface area contributed by atoms with E-state index in [0.29, 0.717) is 19.3 Å². The molecule has 0 amide bonds. The molecular formula is C57H100O6. The number of hydrogen-bond acceptors (Lipinski definition) is 6. The molecule has 0 bridgehead atoms. The summed E-state index contributed by atoms with van der Waals surface area (Å²) >= 11 is 0. The van der Waals surface area contributed by atoms with E-state index in [1.54, 1.807) is 0 Å². The Bertz CT molecular complexity index is 1150. The second-order valence-corrected chi connectivity index (χ2v) is 17.8. The third-order valence-electron chi connectivity index (χ3n) is 11.5. The van der Waals surface area contributed by atoms with Crippen molar-refractivity contribution in [2.24, 2.45) is 0 Å². The van der Waals surface area contributed by atoms with Gasteiger partial charge in [-0.05, 0) is 77.0 Å². The molecule has 0 radical (unpaired) electrons. The van der Waals surface area contributed by atoms with E-state index < -0.39 is 6.10 Å². The third kappa shape index (κ3) is 50.0. The summed E-state index contributed by atoms with van der Waals surface area (Å²) in [5, 5.41) is 0. The molecule has 0 heterocycles. The van der Waals surface area contributed by atoms with Gasteiger partial charge in [-0.25, -0.2) is 0 Å². The van der Waals surface area contributed by atoms with Crippen molar-refractivity contribution >= 4 is 17.9 Å². The minimum atomic E-state index is -0.792. The van der Waals surface area contributed by atoms with Crippen molar-refractivity contribution < 1.29 is 28.6 Å². The van der Waals surface area contributed by atoms with Gasteiger partial charge in [-0.15, -0.1) is 0 Å². The van der Waals surface area contributed by atoms with E-state index in [4.69, 9.17) is 14.2 Å². The Balaban J connectivity index is 4.35. The highest BCUT2D eigenvalue weighted by molar-refractivity contribution is 5.71. The Hall–Kier alpha value is -2.89. The summed E-state index contributed by atoms with van der Waals surface area (Å²) in [7, 11) is 0. The molecule has 0 aromatic heterocycles. The van der Waals surface area contributed by atoms with Gasteiger partial charge < -0.3 is 14.2 Å². The van der Waals surface area contributed by atoms with Crippen LogP contribution < -0.4 is 0 Å². The molecule has 0 rings (SSSR count). The first kappa shape index (κ1) is 60.1. The Morgan fingerprint density at radius 2 is 0.635 bits per heavy atom. The third-order valence-corrected chi connectivity index (χ3v) is 11.5. The topological polar surface area (TPSA) is 78.9 Å². The molecule has 0 aliphatic heterocycles. The first-order valence-electron chi connectivity index (χ1n) is 26.8. The molecule has 6 heteroatoms. The average molecular weight is 881 g/mol. The lowest BCUT2D eigenvalue weighted by Crippen LogP contribution is -2.30. The molecule has 364 valence electrons. The minimum Gasteiger partial charge on any atom is -0.462 e. The summed E-state index contributed by atoms with van der Waals surface area (Å²) in [5.41, 5.74) is 0. The fourth-order valence-electron chi connectivity index (χ4n) is 7.47. The van der Waals surface area contributed by atoms with Crippen molar-refractivity contribution in [1.82, 2.24) is 0 Å². The lowest BCUT2D eigenvalue weighted by molar-refractivity contribution is -0.167. The van der Waals surface area contributed by atoms with Gasteiger partial charge in [0.2, 0.25) is 0 Å². The summed E-state index contributed by atoms with van der Waals surface area (Å²) in [6.45, 7) is 6.46. The Morgan fingerprint density at radius 1 is 0.333 bits per heavy atom. The van der Waals surface area contributed by atoms with Crippen molar-refractivity contribution in [3.63, 3.8) is 0 Å². The normalized spacial score (nSPS) is 12.5. The molecule has 6 nitrogen and oxygen atoms in total. The molecule has 0 N–H and O–H groups in total. The summed E-state index contributed by atoms with van der Waals surface area (Å²) < 4.78 is 16.8. The predicted molar refractivity (Wildman–Crippen MR) is 270 cm³/mol. The summed E-state index contributed by atoms with van der Waals surface area (Å²) in [4.78, 5) is 38.0. The SMILES string of the molecule is CC/C=C\C/C=C\C/C=C\C/C=C\CCCCC(=O)OC[C@H](COC(=O)CCCCCCCCCCCCCCCCCCCCC)OC(=O)CCCCCCC/C=C\CCCC. The first-order valence-corrected chi connectivity index (χ1v) is 26.8. The van der Waals surface area contributed by atoms with Crippen LogP contribution in [0, 0.1) is 0 Å². The van der Waals surface area contributed by atoms with Gasteiger partial charge in [0.1, 0.15) is 13.2 Å². The molecule has 0 spiro atoms. The van der Waals surface area contributed by atoms with Crippen LogP contribution in [0.3, 0.4) is 0 Å². The number of esters is 3. The molecule has 63 heavy (non-hydrogen) atoms. The fraction of sp³-hybridized carbons (Fsp3) is 0.772. The first-order chi connectivity index (χ1) is 31.0. The van der Waals surface area contributed by atoms with Crippen LogP contribution in [-0.4, -0.2) is 37.2 Å². The van der Waals surface area contributed by atoms with Crippen LogP contribution in [-0.2, 0) is 28.6 Å². The largest absolute Gasteiger partial charge is 0.462 e. The number of rotatable bonds is 48. The predicted octanol–water partition coefficient (Wildman–Crippen LogP) is 17.6. The number of hydrogen-bond donors (Lipinski definition) is 0. The van der Waals surface area contributed by atoms with E-state index in [1.807, 2.05) is 0 Å². The molecule has 1 atom stereocenters. The quantitative estimate of drug-likeness (QED) is 0.0262. The highest BCUT2D eigenvalue weighted by Gasteiger charge is 2.19. The number of allylic oxidation sites excluding steroid dienone is 10. The van der Waals surface area contributed by atoms with E-state index in [0.717, 1.165) is 96.3 Å². The summed E-state index contributed by atoms with van der Waals surface area (Å²) in [6.07, 6.45) is 63.6. The van der Waals surface area contributed by atoms with Crippen molar-refractivity contribution in [1.29, 1.82) is 0 Å². The lowest BCUT2D eigenvalue weighted by Gasteiger charge is -2.18. The second-order valence-electron chi connectivity index (χ2n) is 17.8. The van der Waals surface area contributed by atoms with E-state index in [1.165, 1.54) is 128 Å². The maximum absolute atomic E-state index is 12.8. The maximum Gasteiger partial charge on any atom is 0.306 e. The van der Waals surface area contributed by atoms with Crippen LogP contribution in [0.15, 0.2) is 60.8 Å². The second kappa shape index (κ2) is 51.7. The van der Waals surface area contributed by atoms with Gasteiger partial charge in [0.15, 0.2) is 6.10 Å². The van der Waals surface area contributed by atoms with Crippen LogP contribution in [0.2, 0.25) is 0 Å². The van der Waals surface area contributed by atoms with Crippen molar-refractivity contribution in [3.8, 4) is 0 Å². The molecule has 0 unspecified atom stereocenters. The van der Waals surface area contributed by atoms with Gasteiger partial charge in [-0.3, -0.25) is 14.4 Å². The van der Waals surface area contributed by atoms with Crippen molar-refractivity contribution in [2.75, 3.05) is 13.2 Å². The molecule has 0 saturated carbocycles. The number of carbonyl (C=O) groups is 3. The van der Waals surface area contributed by atoms with Gasteiger partial charge in [-0.1, -0.05) is 229 Å². The van der Waals surface area contributed by atoms with E-state index in [9.17, 15) is 14.4 Å². The highest BCUT2D eigenvalue weighted by Crippen LogP contribution is 2.16. The number of unbranched alkanes of at least 4 members (excludes halogenated alkanes) is 27. The van der Waals surface area contributed by atoms with Crippen LogP contribution in [0.5, 0.6) is 0 Å². The molecule has 0 aromatic rings. The van der Waals surface area contributed by atoms with Gasteiger partial charge in [0.25, 0.3) is 0 Å². The zero-order valence-electron chi connectivity index (χ0n) is 41.6. The van der Waals surface area contributed by atoms with Crippen LogP contribution in [0.4, 0.5) is 0 Å². The maximum atomic E-state index is 12.8. The van der Waals surface area contributed by atoms with Gasteiger partial charge >= 0.3 is 17.9 Å². The summed E-state index contributed by atoms with van der Waals surface area (Å²) in [6, 6.07) is 0. The molecule has 0 saturated heterocycles. The molecule has 0 fully saturated rings. The Morgan fingerprint density at radius 3 is 1.06 bits per heavy atom. The average Bonchev–Trinajstić information content (AvgIpc) is 3.28. The number of ether oxygens (including phenoxy) is 3. The van der Waals surface area contributed by atoms with Crippen LogP contribution in [0.1, 0.15) is 265 Å². The Kier molecular flexibility index (Phi) is 49.4. The zero-order valence-corrected chi connectivity index (χ0v) is 41.6. The molecular weight excluding hydrogens is 781 g/mol. The minimum absolute atomic E-state index is 0.0887. The monoisotopic (exact) mass is 881 g/mol. The zero-order chi connectivity index (χ0) is 45.8.